The molecule has 1 fully saturated rings. The van der Waals surface area contributed by atoms with E-state index in [-0.39, 0.29) is 11.7 Å². The number of hydrogen-bond acceptors (Lipinski definition) is 2. The average molecular weight is 247 g/mol. The van der Waals surface area contributed by atoms with Gasteiger partial charge >= 0.3 is 6.03 Å². The number of benzene rings is 1. The van der Waals surface area contributed by atoms with Crippen LogP contribution in [0.5, 0.6) is 0 Å². The molecule has 18 heavy (non-hydrogen) atoms. The second-order valence-corrected chi connectivity index (χ2v) is 5.64. The van der Waals surface area contributed by atoms with Gasteiger partial charge in [-0.2, -0.15) is 0 Å². The maximum atomic E-state index is 12.0. The fourth-order valence-electron chi connectivity index (χ4n) is 2.41. The smallest absolute Gasteiger partial charge is 0.317 e. The molecule has 0 bridgehead atoms. The Bertz CT molecular complexity index is 441. The number of rotatable bonds is 3. The Balaban J connectivity index is 2.16. The molecule has 1 aromatic carbocycles. The number of nitrogens with zero attached hydrogens (tertiary/aromatic N) is 1. The van der Waals surface area contributed by atoms with Gasteiger partial charge in [0.25, 0.3) is 0 Å². The topological polar surface area (TPSA) is 44.4 Å². The van der Waals surface area contributed by atoms with Gasteiger partial charge in [0.1, 0.15) is 5.66 Å². The lowest BCUT2D eigenvalue weighted by Gasteiger charge is -2.26. The van der Waals surface area contributed by atoms with Crippen LogP contribution in [0.2, 0.25) is 0 Å². The van der Waals surface area contributed by atoms with Crippen molar-refractivity contribution in [3.8, 4) is 0 Å². The maximum Gasteiger partial charge on any atom is 0.338 e. The Labute approximate surface area is 108 Å². The van der Waals surface area contributed by atoms with Crippen LogP contribution in [-0.4, -0.2) is 11.7 Å². The highest BCUT2D eigenvalue weighted by Crippen LogP contribution is 2.23. The quantitative estimate of drug-likeness (QED) is 0.862. The van der Waals surface area contributed by atoms with E-state index in [2.05, 4.69) is 24.6 Å². The second kappa shape index (κ2) is 4.61. The number of hydrogen-bond donors (Lipinski definition) is 2. The molecule has 1 aliphatic heterocycles. The monoisotopic (exact) mass is 247 g/mol. The first kappa shape index (κ1) is 12.9. The molecular formula is C14H21N3O. The van der Waals surface area contributed by atoms with Gasteiger partial charge in [-0.15, -0.1) is 0 Å². The molecule has 1 atom stereocenters. The molecule has 1 aliphatic rings. The largest absolute Gasteiger partial charge is 0.338 e. The minimum atomic E-state index is -0.365. The Kier molecular flexibility index (Phi) is 3.30. The predicted molar refractivity (Wildman–Crippen MR) is 73.2 cm³/mol. The number of urea groups is 1. The number of nitrogens with one attached hydrogen (secondary N) is 2. The average Bonchev–Trinajstić information content (AvgIpc) is 2.54. The zero-order chi connectivity index (χ0) is 13.3. The molecule has 0 spiro atoms. The van der Waals surface area contributed by atoms with Crippen LogP contribution in [0.3, 0.4) is 0 Å². The van der Waals surface area contributed by atoms with Gasteiger partial charge in [-0.1, -0.05) is 31.5 Å². The highest BCUT2D eigenvalue weighted by molar-refractivity contribution is 5.93. The standard InChI is InChI=1S/C14H21N3O/c1-10(2)9-14(4)15-13(18)17(16-14)12-7-5-11(3)6-8-12/h5-8,10,16H,9H2,1-4H3,(H,15,18)/t14-/m1/s1. The third-order valence-corrected chi connectivity index (χ3v) is 3.05. The van der Waals surface area contributed by atoms with Gasteiger partial charge in [-0.3, -0.25) is 0 Å². The van der Waals surface area contributed by atoms with E-state index in [1.54, 1.807) is 5.01 Å². The molecule has 1 aromatic rings. The first-order valence-corrected chi connectivity index (χ1v) is 6.36. The normalized spacial score (nSPS) is 23.6. The van der Waals surface area contributed by atoms with Crippen LogP contribution < -0.4 is 15.8 Å². The summed E-state index contributed by atoms with van der Waals surface area (Å²) in [5.41, 5.74) is 4.94. The minimum Gasteiger partial charge on any atom is -0.317 e. The highest BCUT2D eigenvalue weighted by atomic mass is 16.2. The molecule has 0 unspecified atom stereocenters. The summed E-state index contributed by atoms with van der Waals surface area (Å²) < 4.78 is 0. The molecule has 0 aliphatic carbocycles. The maximum absolute atomic E-state index is 12.0. The van der Waals surface area contributed by atoms with Gasteiger partial charge in [-0.25, -0.2) is 15.2 Å². The number of anilines is 1. The van der Waals surface area contributed by atoms with E-state index in [9.17, 15) is 4.79 Å². The van der Waals surface area contributed by atoms with E-state index in [0.29, 0.717) is 5.92 Å². The lowest BCUT2D eigenvalue weighted by molar-refractivity contribution is 0.243. The van der Waals surface area contributed by atoms with Gasteiger partial charge in [0.2, 0.25) is 0 Å². The molecule has 1 heterocycles. The van der Waals surface area contributed by atoms with Crippen LogP contribution in [0.25, 0.3) is 0 Å². The van der Waals surface area contributed by atoms with Crippen molar-refractivity contribution in [2.75, 3.05) is 5.01 Å². The Hall–Kier alpha value is -1.55. The van der Waals surface area contributed by atoms with Crippen molar-refractivity contribution < 1.29 is 4.79 Å². The van der Waals surface area contributed by atoms with Gasteiger partial charge in [0.15, 0.2) is 0 Å². The van der Waals surface area contributed by atoms with Crippen molar-refractivity contribution in [1.29, 1.82) is 0 Å². The summed E-state index contributed by atoms with van der Waals surface area (Å²) in [6, 6.07) is 7.80. The summed E-state index contributed by atoms with van der Waals surface area (Å²) in [7, 11) is 0. The Morgan fingerprint density at radius 2 is 1.89 bits per heavy atom. The number of amides is 2. The molecule has 0 radical (unpaired) electrons. The molecule has 2 amide bonds. The molecule has 1 saturated heterocycles. The number of carbonyl (C=O) groups excluding carboxylic acids is 1. The number of aryl methyl sites for hydroxylation is 1. The number of hydrazine groups is 1. The van der Waals surface area contributed by atoms with Crippen LogP contribution in [0, 0.1) is 12.8 Å². The van der Waals surface area contributed by atoms with Crippen molar-refractivity contribution in [3.05, 3.63) is 29.8 Å². The summed E-state index contributed by atoms with van der Waals surface area (Å²) in [5, 5.41) is 4.59. The lowest BCUT2D eigenvalue weighted by atomic mass is 10.0. The van der Waals surface area contributed by atoms with Crippen LogP contribution in [0.4, 0.5) is 10.5 Å². The fourth-order valence-corrected chi connectivity index (χ4v) is 2.41. The van der Waals surface area contributed by atoms with Crippen LogP contribution in [0.1, 0.15) is 32.8 Å². The zero-order valence-corrected chi connectivity index (χ0v) is 11.4. The summed E-state index contributed by atoms with van der Waals surface area (Å²) in [4.78, 5) is 12.0. The van der Waals surface area contributed by atoms with Crippen LogP contribution in [0.15, 0.2) is 24.3 Å². The second-order valence-electron chi connectivity index (χ2n) is 5.64. The predicted octanol–water partition coefficient (Wildman–Crippen LogP) is 2.79. The minimum absolute atomic E-state index is 0.0954. The SMILES string of the molecule is Cc1ccc(N2N[C@](C)(CC(C)C)NC2=O)cc1. The van der Waals surface area contributed by atoms with Crippen molar-refractivity contribution in [3.63, 3.8) is 0 Å². The van der Waals surface area contributed by atoms with Gasteiger partial charge in [-0.05, 0) is 38.3 Å². The molecule has 4 nitrogen and oxygen atoms in total. The van der Waals surface area contributed by atoms with E-state index >= 15 is 0 Å². The first-order chi connectivity index (χ1) is 8.39. The summed E-state index contributed by atoms with van der Waals surface area (Å²) >= 11 is 0. The summed E-state index contributed by atoms with van der Waals surface area (Å²) in [6.45, 7) is 8.34. The van der Waals surface area contributed by atoms with Crippen LogP contribution in [-0.2, 0) is 0 Å². The molecular weight excluding hydrogens is 226 g/mol. The van der Waals surface area contributed by atoms with E-state index < -0.39 is 0 Å². The molecule has 2 N–H and O–H groups in total. The molecule has 4 heteroatoms. The highest BCUT2D eigenvalue weighted by Gasteiger charge is 2.39. The molecule has 2 rings (SSSR count). The van der Waals surface area contributed by atoms with Crippen molar-refractivity contribution >= 4 is 11.7 Å². The van der Waals surface area contributed by atoms with Gasteiger partial charge < -0.3 is 5.32 Å². The molecule has 98 valence electrons. The molecule has 0 saturated carbocycles. The van der Waals surface area contributed by atoms with E-state index in [1.165, 1.54) is 5.56 Å². The third-order valence-electron chi connectivity index (χ3n) is 3.05. The zero-order valence-electron chi connectivity index (χ0n) is 11.4. The fraction of sp³-hybridized carbons (Fsp3) is 0.500. The Morgan fingerprint density at radius 3 is 2.44 bits per heavy atom. The number of carbonyl (C=O) groups is 1. The van der Waals surface area contributed by atoms with E-state index in [1.807, 2.05) is 38.1 Å². The lowest BCUT2D eigenvalue weighted by Crippen LogP contribution is -2.49. The van der Waals surface area contributed by atoms with Gasteiger partial charge in [0, 0.05) is 0 Å². The Morgan fingerprint density at radius 1 is 1.28 bits per heavy atom. The van der Waals surface area contributed by atoms with Gasteiger partial charge in [0.05, 0.1) is 5.69 Å². The third kappa shape index (κ3) is 2.64. The molecule has 0 aromatic heterocycles. The van der Waals surface area contributed by atoms with Crippen molar-refractivity contribution in [2.45, 2.75) is 39.8 Å². The van der Waals surface area contributed by atoms with Crippen molar-refractivity contribution in [1.82, 2.24) is 10.7 Å². The summed E-state index contributed by atoms with van der Waals surface area (Å²) in [5.74, 6) is 0.515. The van der Waals surface area contributed by atoms with Crippen LogP contribution >= 0.6 is 0 Å². The van der Waals surface area contributed by atoms with E-state index in [0.717, 1.165) is 12.1 Å². The first-order valence-electron chi connectivity index (χ1n) is 6.36. The van der Waals surface area contributed by atoms with E-state index in [4.69, 9.17) is 0 Å². The van der Waals surface area contributed by atoms with Crippen molar-refractivity contribution in [2.24, 2.45) is 5.92 Å². The summed E-state index contributed by atoms with van der Waals surface area (Å²) in [6.07, 6.45) is 0.890.